The second-order valence-electron chi connectivity index (χ2n) is 5.38. The number of amides is 1. The van der Waals surface area contributed by atoms with Gasteiger partial charge in [0.25, 0.3) is 0 Å². The van der Waals surface area contributed by atoms with E-state index in [2.05, 4.69) is 10.4 Å². The Morgan fingerprint density at radius 2 is 2.00 bits per heavy atom. The molecule has 0 aliphatic carbocycles. The van der Waals surface area contributed by atoms with E-state index in [0.29, 0.717) is 25.3 Å². The minimum absolute atomic E-state index is 0.0661. The van der Waals surface area contributed by atoms with Crippen molar-refractivity contribution in [3.8, 4) is 10.7 Å². The van der Waals surface area contributed by atoms with Crippen LogP contribution in [-0.2, 0) is 24.8 Å². The maximum Gasteiger partial charge on any atom is 0.346 e. The molecule has 7 heteroatoms. The summed E-state index contributed by atoms with van der Waals surface area (Å²) < 4.78 is 2.91. The number of thiophene rings is 1. The quantitative estimate of drug-likeness (QED) is 0.741. The molecule has 0 radical (unpaired) electrons. The molecule has 2 heterocycles. The summed E-state index contributed by atoms with van der Waals surface area (Å²) in [7, 11) is 1.70. The third-order valence-corrected chi connectivity index (χ3v) is 4.50. The average molecular weight is 342 g/mol. The van der Waals surface area contributed by atoms with Gasteiger partial charge >= 0.3 is 5.69 Å². The number of benzene rings is 1. The minimum Gasteiger partial charge on any atom is -0.354 e. The van der Waals surface area contributed by atoms with Crippen LogP contribution in [0.4, 0.5) is 0 Å². The molecule has 1 N–H and O–H groups in total. The van der Waals surface area contributed by atoms with Crippen LogP contribution in [0, 0.1) is 0 Å². The monoisotopic (exact) mass is 342 g/mol. The van der Waals surface area contributed by atoms with Crippen molar-refractivity contribution in [1.82, 2.24) is 19.7 Å². The van der Waals surface area contributed by atoms with Gasteiger partial charge in [-0.2, -0.15) is 0 Å². The predicted molar refractivity (Wildman–Crippen MR) is 93.9 cm³/mol. The van der Waals surface area contributed by atoms with E-state index in [9.17, 15) is 9.59 Å². The summed E-state index contributed by atoms with van der Waals surface area (Å²) in [4.78, 5) is 25.1. The molecule has 3 aromatic rings. The van der Waals surface area contributed by atoms with Gasteiger partial charge < -0.3 is 5.32 Å². The Morgan fingerprint density at radius 1 is 1.21 bits per heavy atom. The van der Waals surface area contributed by atoms with Crippen molar-refractivity contribution >= 4 is 17.2 Å². The molecule has 1 amide bonds. The molecular formula is C17H18N4O2S. The Balaban J connectivity index is 1.58. The van der Waals surface area contributed by atoms with Gasteiger partial charge in [-0.3, -0.25) is 9.36 Å². The maximum atomic E-state index is 12.2. The standard InChI is InChI=1S/C17H18N4O2S/c1-20-16(14-8-5-11-24-14)19-21(17(20)23)10-9-18-15(22)12-13-6-3-2-4-7-13/h2-8,11H,9-10,12H2,1H3,(H,18,22). The fourth-order valence-electron chi connectivity index (χ4n) is 2.40. The summed E-state index contributed by atoms with van der Waals surface area (Å²) in [5.74, 6) is 0.578. The molecule has 0 aliphatic rings. The van der Waals surface area contributed by atoms with Crippen LogP contribution in [0.1, 0.15) is 5.56 Å². The first-order chi connectivity index (χ1) is 11.6. The highest BCUT2D eigenvalue weighted by Crippen LogP contribution is 2.20. The Hall–Kier alpha value is -2.67. The third-order valence-electron chi connectivity index (χ3n) is 3.64. The molecule has 0 saturated heterocycles. The van der Waals surface area contributed by atoms with E-state index in [-0.39, 0.29) is 11.6 Å². The first-order valence-electron chi connectivity index (χ1n) is 7.63. The zero-order valence-corrected chi connectivity index (χ0v) is 14.1. The van der Waals surface area contributed by atoms with E-state index in [0.717, 1.165) is 10.4 Å². The smallest absolute Gasteiger partial charge is 0.346 e. The topological polar surface area (TPSA) is 68.9 Å². The number of aromatic nitrogens is 3. The molecule has 1 aromatic carbocycles. The van der Waals surface area contributed by atoms with Crippen molar-refractivity contribution in [3.05, 3.63) is 63.9 Å². The average Bonchev–Trinajstić information content (AvgIpc) is 3.20. The molecule has 6 nitrogen and oxygen atoms in total. The van der Waals surface area contributed by atoms with Crippen LogP contribution in [0.15, 0.2) is 52.6 Å². The minimum atomic E-state index is -0.185. The zero-order chi connectivity index (χ0) is 16.9. The number of carbonyl (C=O) groups excluding carboxylic acids is 1. The van der Waals surface area contributed by atoms with Crippen LogP contribution in [-0.4, -0.2) is 26.8 Å². The van der Waals surface area contributed by atoms with Crippen LogP contribution in [0.25, 0.3) is 10.7 Å². The fourth-order valence-corrected chi connectivity index (χ4v) is 3.14. The van der Waals surface area contributed by atoms with Gasteiger partial charge in [0, 0.05) is 13.6 Å². The highest BCUT2D eigenvalue weighted by Gasteiger charge is 2.12. The van der Waals surface area contributed by atoms with Gasteiger partial charge in [0.2, 0.25) is 5.91 Å². The van der Waals surface area contributed by atoms with Gasteiger partial charge in [0.15, 0.2) is 5.82 Å². The van der Waals surface area contributed by atoms with Crippen LogP contribution >= 0.6 is 11.3 Å². The fraction of sp³-hybridized carbons (Fsp3) is 0.235. The molecule has 3 rings (SSSR count). The third kappa shape index (κ3) is 3.62. The SMILES string of the molecule is Cn1c(-c2cccs2)nn(CCNC(=O)Cc2ccccc2)c1=O. The lowest BCUT2D eigenvalue weighted by atomic mass is 10.1. The van der Waals surface area contributed by atoms with E-state index in [1.54, 1.807) is 7.05 Å². The number of rotatable bonds is 6. The normalized spacial score (nSPS) is 10.7. The van der Waals surface area contributed by atoms with Gasteiger partial charge in [0.05, 0.1) is 17.8 Å². The molecule has 0 bridgehead atoms. The highest BCUT2D eigenvalue weighted by atomic mass is 32.1. The Kier molecular flexibility index (Phi) is 4.90. The lowest BCUT2D eigenvalue weighted by molar-refractivity contribution is -0.120. The molecule has 124 valence electrons. The summed E-state index contributed by atoms with van der Waals surface area (Å²) in [6.07, 6.45) is 0.332. The predicted octanol–water partition coefficient (Wildman–Crippen LogP) is 1.67. The van der Waals surface area contributed by atoms with Crippen LogP contribution in [0.2, 0.25) is 0 Å². The number of nitrogens with zero attached hydrogens (tertiary/aromatic N) is 3. The molecule has 0 spiro atoms. The van der Waals surface area contributed by atoms with Crippen molar-refractivity contribution in [2.45, 2.75) is 13.0 Å². The molecule has 2 aromatic heterocycles. The van der Waals surface area contributed by atoms with E-state index in [1.165, 1.54) is 20.6 Å². The van der Waals surface area contributed by atoms with E-state index in [1.807, 2.05) is 47.8 Å². The Bertz CT molecular complexity index is 866. The molecule has 0 saturated carbocycles. The van der Waals surface area contributed by atoms with Gasteiger partial charge in [-0.05, 0) is 17.0 Å². The van der Waals surface area contributed by atoms with Gasteiger partial charge in [-0.1, -0.05) is 36.4 Å². The Labute approximate surface area is 143 Å². The largest absolute Gasteiger partial charge is 0.354 e. The molecule has 0 fully saturated rings. The second kappa shape index (κ2) is 7.27. The zero-order valence-electron chi connectivity index (χ0n) is 13.3. The number of carbonyl (C=O) groups is 1. The number of hydrogen-bond acceptors (Lipinski definition) is 4. The maximum absolute atomic E-state index is 12.2. The van der Waals surface area contributed by atoms with Crippen LogP contribution in [0.5, 0.6) is 0 Å². The number of nitrogens with one attached hydrogen (secondary N) is 1. The summed E-state index contributed by atoms with van der Waals surface area (Å²) in [6.45, 7) is 0.713. The molecule has 0 atom stereocenters. The van der Waals surface area contributed by atoms with Crippen molar-refractivity contribution in [3.63, 3.8) is 0 Å². The van der Waals surface area contributed by atoms with Crippen molar-refractivity contribution in [2.24, 2.45) is 7.05 Å². The highest BCUT2D eigenvalue weighted by molar-refractivity contribution is 7.13. The van der Waals surface area contributed by atoms with Crippen LogP contribution < -0.4 is 11.0 Å². The lowest BCUT2D eigenvalue weighted by Gasteiger charge is -2.04. The molecule has 0 unspecified atom stereocenters. The second-order valence-corrected chi connectivity index (χ2v) is 6.33. The molecule has 0 aliphatic heterocycles. The molecule has 24 heavy (non-hydrogen) atoms. The van der Waals surface area contributed by atoms with Gasteiger partial charge in [0.1, 0.15) is 0 Å². The van der Waals surface area contributed by atoms with E-state index >= 15 is 0 Å². The Morgan fingerprint density at radius 3 is 2.71 bits per heavy atom. The van der Waals surface area contributed by atoms with Gasteiger partial charge in [-0.25, -0.2) is 9.48 Å². The van der Waals surface area contributed by atoms with Crippen molar-refractivity contribution in [1.29, 1.82) is 0 Å². The molecular weight excluding hydrogens is 324 g/mol. The van der Waals surface area contributed by atoms with Crippen molar-refractivity contribution < 1.29 is 4.79 Å². The van der Waals surface area contributed by atoms with E-state index in [4.69, 9.17) is 0 Å². The first kappa shape index (κ1) is 16.2. The van der Waals surface area contributed by atoms with Crippen molar-refractivity contribution in [2.75, 3.05) is 6.54 Å². The lowest BCUT2D eigenvalue weighted by Crippen LogP contribution is -2.32. The summed E-state index contributed by atoms with van der Waals surface area (Å²) in [5, 5.41) is 9.13. The van der Waals surface area contributed by atoms with Gasteiger partial charge in [-0.15, -0.1) is 16.4 Å². The van der Waals surface area contributed by atoms with E-state index < -0.39 is 0 Å². The number of hydrogen-bond donors (Lipinski definition) is 1. The summed E-state index contributed by atoms with van der Waals surface area (Å²) in [5.41, 5.74) is 0.778. The summed E-state index contributed by atoms with van der Waals surface area (Å²) in [6, 6.07) is 13.4. The van der Waals surface area contributed by atoms with Crippen LogP contribution in [0.3, 0.4) is 0 Å². The summed E-state index contributed by atoms with van der Waals surface area (Å²) >= 11 is 1.54. The first-order valence-corrected chi connectivity index (χ1v) is 8.51.